The van der Waals surface area contributed by atoms with Crippen LogP contribution >= 0.6 is 0 Å². The molecule has 1 unspecified atom stereocenters. The van der Waals surface area contributed by atoms with Crippen LogP contribution in [0.4, 0.5) is 0 Å². The number of aryl methyl sites for hydroxylation is 2. The lowest BCUT2D eigenvalue weighted by Gasteiger charge is -2.15. The van der Waals surface area contributed by atoms with E-state index in [0.717, 1.165) is 18.5 Å². The molecule has 3 N–H and O–H groups in total. The fraction of sp³-hybridized carbons (Fsp3) is 0.812. The Morgan fingerprint density at radius 1 is 1.15 bits per heavy atom. The Hall–Kier alpha value is -0.870. The Kier molecular flexibility index (Phi) is 7.85. The minimum absolute atomic E-state index is 0.427. The third kappa shape index (κ3) is 5.25. The van der Waals surface area contributed by atoms with Crippen LogP contribution in [-0.2, 0) is 13.5 Å². The second-order valence-corrected chi connectivity index (χ2v) is 5.88. The molecule has 20 heavy (non-hydrogen) atoms. The van der Waals surface area contributed by atoms with Gasteiger partial charge in [-0.15, -0.1) is 0 Å². The number of unbranched alkanes of at least 4 members (excludes halogenated alkanes) is 4. The zero-order valence-corrected chi connectivity index (χ0v) is 13.7. The van der Waals surface area contributed by atoms with Gasteiger partial charge >= 0.3 is 0 Å². The number of hydrogen-bond acceptors (Lipinski definition) is 3. The van der Waals surface area contributed by atoms with Gasteiger partial charge in [0.15, 0.2) is 0 Å². The Morgan fingerprint density at radius 2 is 1.85 bits per heavy atom. The maximum atomic E-state index is 5.69. The lowest BCUT2D eigenvalue weighted by Crippen LogP contribution is -2.35. The molecule has 0 amide bonds. The molecule has 1 rings (SSSR count). The first-order valence-electron chi connectivity index (χ1n) is 8.05. The molecule has 0 aromatic carbocycles. The molecule has 0 saturated heterocycles. The molecule has 0 aliphatic carbocycles. The van der Waals surface area contributed by atoms with Gasteiger partial charge in [-0.2, -0.15) is 5.10 Å². The van der Waals surface area contributed by atoms with Crippen LogP contribution in [0.1, 0.15) is 68.8 Å². The topological polar surface area (TPSA) is 55.9 Å². The van der Waals surface area contributed by atoms with Crippen molar-refractivity contribution in [3.05, 3.63) is 17.0 Å². The van der Waals surface area contributed by atoms with E-state index in [2.05, 4.69) is 31.3 Å². The largest absolute Gasteiger partial charge is 0.272 e. The molecule has 4 nitrogen and oxygen atoms in total. The maximum absolute atomic E-state index is 5.69. The first-order valence-corrected chi connectivity index (χ1v) is 8.05. The Morgan fingerprint density at radius 3 is 2.40 bits per heavy atom. The van der Waals surface area contributed by atoms with Gasteiger partial charge in [0.1, 0.15) is 0 Å². The smallest absolute Gasteiger partial charge is 0.0628 e. The molecule has 1 atom stereocenters. The second-order valence-electron chi connectivity index (χ2n) is 5.88. The SMILES string of the molecule is CCCCCCCC(CCc1c(C)nn(C)c1C)NN. The summed E-state index contributed by atoms with van der Waals surface area (Å²) in [6.45, 7) is 6.49. The average Bonchev–Trinajstić information content (AvgIpc) is 2.67. The van der Waals surface area contributed by atoms with E-state index < -0.39 is 0 Å². The molecule has 0 radical (unpaired) electrons. The van der Waals surface area contributed by atoms with Crippen LogP contribution in [0.25, 0.3) is 0 Å². The van der Waals surface area contributed by atoms with E-state index in [4.69, 9.17) is 5.84 Å². The maximum Gasteiger partial charge on any atom is 0.0628 e. The van der Waals surface area contributed by atoms with Crippen molar-refractivity contribution in [1.82, 2.24) is 15.2 Å². The van der Waals surface area contributed by atoms with Crippen LogP contribution < -0.4 is 11.3 Å². The summed E-state index contributed by atoms with van der Waals surface area (Å²) in [5.41, 5.74) is 6.80. The van der Waals surface area contributed by atoms with Crippen LogP contribution in [0.2, 0.25) is 0 Å². The third-order valence-electron chi connectivity index (χ3n) is 4.29. The predicted molar refractivity (Wildman–Crippen MR) is 85.5 cm³/mol. The summed E-state index contributed by atoms with van der Waals surface area (Å²) in [4.78, 5) is 0. The lowest BCUT2D eigenvalue weighted by atomic mass is 9.99. The standard InChI is InChI=1S/C16H32N4/c1-5-6-7-8-9-10-15(18-17)11-12-16-13(2)19-20(4)14(16)3/h15,18H,5-12,17H2,1-4H3. The minimum atomic E-state index is 0.427. The highest BCUT2D eigenvalue weighted by molar-refractivity contribution is 5.24. The van der Waals surface area contributed by atoms with Crippen molar-refractivity contribution < 1.29 is 0 Å². The highest BCUT2D eigenvalue weighted by Gasteiger charge is 2.12. The summed E-state index contributed by atoms with van der Waals surface area (Å²) in [7, 11) is 2.01. The summed E-state index contributed by atoms with van der Waals surface area (Å²) < 4.78 is 1.97. The van der Waals surface area contributed by atoms with Gasteiger partial charge in [-0.3, -0.25) is 16.0 Å². The first-order chi connectivity index (χ1) is 9.60. The van der Waals surface area contributed by atoms with Gasteiger partial charge in [0.25, 0.3) is 0 Å². The zero-order chi connectivity index (χ0) is 15.0. The van der Waals surface area contributed by atoms with E-state index in [1.807, 2.05) is 11.7 Å². The van der Waals surface area contributed by atoms with Gasteiger partial charge in [-0.05, 0) is 38.7 Å². The molecule has 0 aliphatic heterocycles. The number of hydrazine groups is 1. The average molecular weight is 280 g/mol. The van der Waals surface area contributed by atoms with Gasteiger partial charge < -0.3 is 0 Å². The van der Waals surface area contributed by atoms with Gasteiger partial charge in [0.05, 0.1) is 5.69 Å². The summed E-state index contributed by atoms with van der Waals surface area (Å²) in [5.74, 6) is 5.69. The van der Waals surface area contributed by atoms with Gasteiger partial charge in [-0.1, -0.05) is 39.0 Å². The van der Waals surface area contributed by atoms with E-state index in [1.165, 1.54) is 49.8 Å². The molecule has 1 heterocycles. The van der Waals surface area contributed by atoms with E-state index in [0.29, 0.717) is 6.04 Å². The summed E-state index contributed by atoms with van der Waals surface area (Å²) in [6, 6.07) is 0.427. The molecule has 0 fully saturated rings. The molecular formula is C16H32N4. The predicted octanol–water partition coefficient (Wildman–Crippen LogP) is 3.16. The molecule has 0 saturated carbocycles. The Labute approximate surface area is 124 Å². The molecule has 0 spiro atoms. The molecule has 116 valence electrons. The monoisotopic (exact) mass is 280 g/mol. The highest BCUT2D eigenvalue weighted by Crippen LogP contribution is 2.17. The Balaban J connectivity index is 2.33. The van der Waals surface area contributed by atoms with Crippen LogP contribution in [0.3, 0.4) is 0 Å². The van der Waals surface area contributed by atoms with Crippen LogP contribution in [0, 0.1) is 13.8 Å². The summed E-state index contributed by atoms with van der Waals surface area (Å²) >= 11 is 0. The number of aromatic nitrogens is 2. The van der Waals surface area contributed by atoms with Crippen LogP contribution in [0.15, 0.2) is 0 Å². The fourth-order valence-electron chi connectivity index (χ4n) is 2.80. The molecule has 1 aromatic heterocycles. The van der Waals surface area contributed by atoms with Crippen molar-refractivity contribution >= 4 is 0 Å². The van der Waals surface area contributed by atoms with Gasteiger partial charge in [-0.25, -0.2) is 0 Å². The number of hydrogen-bond donors (Lipinski definition) is 2. The first kappa shape index (κ1) is 17.2. The molecule has 1 aromatic rings. The zero-order valence-electron chi connectivity index (χ0n) is 13.7. The molecule has 0 bridgehead atoms. The van der Waals surface area contributed by atoms with E-state index in [9.17, 15) is 0 Å². The highest BCUT2D eigenvalue weighted by atomic mass is 15.3. The van der Waals surface area contributed by atoms with E-state index in [1.54, 1.807) is 0 Å². The minimum Gasteiger partial charge on any atom is -0.272 e. The molecular weight excluding hydrogens is 248 g/mol. The van der Waals surface area contributed by atoms with E-state index in [-0.39, 0.29) is 0 Å². The van der Waals surface area contributed by atoms with Gasteiger partial charge in [0.2, 0.25) is 0 Å². The van der Waals surface area contributed by atoms with Crippen molar-refractivity contribution in [3.63, 3.8) is 0 Å². The molecule has 4 heteroatoms. The van der Waals surface area contributed by atoms with Crippen molar-refractivity contribution in [2.75, 3.05) is 0 Å². The van der Waals surface area contributed by atoms with Gasteiger partial charge in [0, 0.05) is 18.8 Å². The second kappa shape index (κ2) is 9.14. The van der Waals surface area contributed by atoms with Crippen molar-refractivity contribution in [2.45, 2.75) is 78.2 Å². The number of rotatable bonds is 10. The summed E-state index contributed by atoms with van der Waals surface area (Å²) in [6.07, 6.45) is 9.96. The molecule has 0 aliphatic rings. The number of nitrogens with two attached hydrogens (primary N) is 1. The van der Waals surface area contributed by atoms with Crippen LogP contribution in [-0.4, -0.2) is 15.8 Å². The normalized spacial score (nSPS) is 12.8. The van der Waals surface area contributed by atoms with Crippen molar-refractivity contribution in [3.8, 4) is 0 Å². The number of nitrogens with one attached hydrogen (secondary N) is 1. The van der Waals surface area contributed by atoms with Crippen molar-refractivity contribution in [2.24, 2.45) is 12.9 Å². The van der Waals surface area contributed by atoms with Crippen LogP contribution in [0.5, 0.6) is 0 Å². The quantitative estimate of drug-likeness (QED) is 0.393. The summed E-state index contributed by atoms with van der Waals surface area (Å²) in [5, 5.41) is 4.48. The van der Waals surface area contributed by atoms with Crippen molar-refractivity contribution in [1.29, 1.82) is 0 Å². The fourth-order valence-corrected chi connectivity index (χ4v) is 2.80. The third-order valence-corrected chi connectivity index (χ3v) is 4.29. The lowest BCUT2D eigenvalue weighted by molar-refractivity contribution is 0.439. The number of nitrogens with zero attached hydrogens (tertiary/aromatic N) is 2. The van der Waals surface area contributed by atoms with E-state index >= 15 is 0 Å². The Bertz CT molecular complexity index is 384.